The molecule has 4 N–H and O–H groups in total. The number of likely N-dealkylation sites (N-methyl/N-ethyl adjacent to an activating group) is 1. The Hall–Kier alpha value is -2.84. The molecule has 2 atom stereocenters. The molecule has 1 aromatic carbocycles. The highest BCUT2D eigenvalue weighted by Crippen LogP contribution is 2.18. The monoisotopic (exact) mass is 414 g/mol. The van der Waals surface area contributed by atoms with Crippen molar-refractivity contribution in [2.45, 2.75) is 25.0 Å². The van der Waals surface area contributed by atoms with Gasteiger partial charge in [0.05, 0.1) is 19.8 Å². The van der Waals surface area contributed by atoms with Crippen molar-refractivity contribution in [2.75, 3.05) is 40.4 Å². The maximum Gasteiger partial charge on any atom is 0.267 e. The molecule has 2 amide bonds. The summed E-state index contributed by atoms with van der Waals surface area (Å²) in [4.78, 5) is 24.9. The zero-order valence-corrected chi connectivity index (χ0v) is 17.5. The van der Waals surface area contributed by atoms with Gasteiger partial charge in [-0.2, -0.15) is 0 Å². The lowest BCUT2D eigenvalue weighted by Gasteiger charge is -2.25. The van der Waals surface area contributed by atoms with Crippen LogP contribution < -0.4 is 26.0 Å². The number of carbonyl (C=O) groups excluding carboxylic acids is 2. The van der Waals surface area contributed by atoms with E-state index in [0.717, 1.165) is 30.8 Å². The van der Waals surface area contributed by atoms with Crippen molar-refractivity contribution in [3.05, 3.63) is 53.3 Å². The standard InChI is InChI=1S/C22H30N4O4/c1-23-22(28)20-13-16(21(27)25-7-6-19-14-24-8-9-30-19)12-17(26-20)10-15-4-3-5-18(11-15)29-2/h3-5,11-13,17,19,24,26H,6-10,14H2,1-2H3,(H,23,28)(H,25,27). The van der Waals surface area contributed by atoms with Crippen LogP contribution in [-0.2, 0) is 20.7 Å². The van der Waals surface area contributed by atoms with Gasteiger partial charge in [-0.1, -0.05) is 12.1 Å². The molecular formula is C22H30N4O4. The summed E-state index contributed by atoms with van der Waals surface area (Å²) in [7, 11) is 3.19. The molecule has 0 aromatic heterocycles. The highest BCUT2D eigenvalue weighted by Gasteiger charge is 2.22. The summed E-state index contributed by atoms with van der Waals surface area (Å²) >= 11 is 0. The molecule has 0 radical (unpaired) electrons. The van der Waals surface area contributed by atoms with E-state index >= 15 is 0 Å². The van der Waals surface area contributed by atoms with Crippen LogP contribution >= 0.6 is 0 Å². The second kappa shape index (κ2) is 10.8. The van der Waals surface area contributed by atoms with Crippen LogP contribution in [0, 0.1) is 0 Å². The second-order valence-corrected chi connectivity index (χ2v) is 7.31. The molecule has 0 bridgehead atoms. The zero-order chi connectivity index (χ0) is 21.3. The zero-order valence-electron chi connectivity index (χ0n) is 17.5. The average molecular weight is 415 g/mol. The van der Waals surface area contributed by atoms with Gasteiger partial charge in [-0.25, -0.2) is 0 Å². The molecule has 0 spiro atoms. The first-order chi connectivity index (χ1) is 14.6. The van der Waals surface area contributed by atoms with E-state index < -0.39 is 0 Å². The van der Waals surface area contributed by atoms with Crippen LogP contribution in [-0.4, -0.2) is 64.4 Å². The number of nitrogens with one attached hydrogen (secondary N) is 4. The number of morpholine rings is 1. The van der Waals surface area contributed by atoms with Crippen LogP contribution in [0.3, 0.4) is 0 Å². The van der Waals surface area contributed by atoms with Crippen molar-refractivity contribution in [1.29, 1.82) is 0 Å². The van der Waals surface area contributed by atoms with Gasteiger partial charge < -0.3 is 30.7 Å². The van der Waals surface area contributed by atoms with Crippen LogP contribution in [0.4, 0.5) is 0 Å². The number of ether oxygens (including phenoxy) is 2. The highest BCUT2D eigenvalue weighted by molar-refractivity contribution is 6.01. The molecule has 8 heteroatoms. The number of hydrogen-bond acceptors (Lipinski definition) is 6. The van der Waals surface area contributed by atoms with Gasteiger partial charge in [0.1, 0.15) is 11.4 Å². The number of methoxy groups -OCH3 is 1. The Morgan fingerprint density at radius 1 is 1.30 bits per heavy atom. The minimum absolute atomic E-state index is 0.110. The van der Waals surface area contributed by atoms with Crippen LogP contribution in [0.1, 0.15) is 12.0 Å². The van der Waals surface area contributed by atoms with Crippen molar-refractivity contribution in [1.82, 2.24) is 21.3 Å². The molecule has 2 aliphatic heterocycles. The van der Waals surface area contributed by atoms with E-state index in [-0.39, 0.29) is 24.0 Å². The fourth-order valence-electron chi connectivity index (χ4n) is 3.53. The molecule has 2 aliphatic rings. The van der Waals surface area contributed by atoms with Crippen LogP contribution in [0.15, 0.2) is 47.7 Å². The molecule has 1 aromatic rings. The molecule has 0 aliphatic carbocycles. The number of amides is 2. The third-order valence-corrected chi connectivity index (χ3v) is 5.10. The number of dihydropyridines is 1. The maximum atomic E-state index is 12.7. The fraction of sp³-hybridized carbons (Fsp3) is 0.455. The third kappa shape index (κ3) is 6.08. The molecule has 30 heavy (non-hydrogen) atoms. The van der Waals surface area contributed by atoms with Crippen molar-refractivity contribution < 1.29 is 19.1 Å². The summed E-state index contributed by atoms with van der Waals surface area (Å²) in [5.74, 6) is 0.315. The van der Waals surface area contributed by atoms with E-state index in [1.54, 1.807) is 20.2 Å². The lowest BCUT2D eigenvalue weighted by molar-refractivity contribution is -0.117. The topological polar surface area (TPSA) is 101 Å². The summed E-state index contributed by atoms with van der Waals surface area (Å²) in [6, 6.07) is 7.56. The molecule has 8 nitrogen and oxygen atoms in total. The molecule has 3 rings (SSSR count). The van der Waals surface area contributed by atoms with Gasteiger partial charge in [-0.3, -0.25) is 9.59 Å². The van der Waals surface area contributed by atoms with Crippen LogP contribution in [0.2, 0.25) is 0 Å². The summed E-state index contributed by atoms with van der Waals surface area (Å²) in [5.41, 5.74) is 1.89. The first-order valence-electron chi connectivity index (χ1n) is 10.2. The van der Waals surface area contributed by atoms with Gasteiger partial charge in [0.15, 0.2) is 0 Å². The van der Waals surface area contributed by atoms with E-state index in [2.05, 4.69) is 21.3 Å². The van der Waals surface area contributed by atoms with Crippen LogP contribution in [0.25, 0.3) is 0 Å². The van der Waals surface area contributed by atoms with E-state index in [0.29, 0.717) is 30.8 Å². The SMILES string of the molecule is CNC(=O)C1=CC(C(=O)NCCC2CNCCO2)=CC(Cc2cccc(OC)c2)N1. The Balaban J connectivity index is 1.66. The second-order valence-electron chi connectivity index (χ2n) is 7.31. The molecular weight excluding hydrogens is 384 g/mol. The number of rotatable bonds is 8. The molecule has 162 valence electrons. The first kappa shape index (κ1) is 21.9. The third-order valence-electron chi connectivity index (χ3n) is 5.10. The molecule has 2 unspecified atom stereocenters. The van der Waals surface area contributed by atoms with Gasteiger partial charge in [0.2, 0.25) is 0 Å². The Kier molecular flexibility index (Phi) is 7.87. The van der Waals surface area contributed by atoms with Gasteiger partial charge in [-0.05, 0) is 42.7 Å². The molecule has 0 saturated carbocycles. The Bertz CT molecular complexity index is 815. The van der Waals surface area contributed by atoms with Gasteiger partial charge >= 0.3 is 0 Å². The van der Waals surface area contributed by atoms with Gasteiger partial charge in [0.25, 0.3) is 11.8 Å². The highest BCUT2D eigenvalue weighted by atomic mass is 16.5. The average Bonchev–Trinajstić information content (AvgIpc) is 2.79. The van der Waals surface area contributed by atoms with Crippen molar-refractivity contribution >= 4 is 11.8 Å². The van der Waals surface area contributed by atoms with Crippen molar-refractivity contribution in [3.8, 4) is 5.75 Å². The number of benzene rings is 1. The lowest BCUT2D eigenvalue weighted by atomic mass is 9.98. The predicted octanol–water partition coefficient (Wildman–Crippen LogP) is 0.261. The summed E-state index contributed by atoms with van der Waals surface area (Å²) in [5, 5.41) is 12.0. The number of hydrogen-bond donors (Lipinski definition) is 4. The summed E-state index contributed by atoms with van der Waals surface area (Å²) in [6.45, 7) is 2.87. The maximum absolute atomic E-state index is 12.7. The quantitative estimate of drug-likeness (QED) is 0.487. The summed E-state index contributed by atoms with van der Waals surface area (Å²) < 4.78 is 10.9. The summed E-state index contributed by atoms with van der Waals surface area (Å²) in [6.07, 6.45) is 4.92. The van der Waals surface area contributed by atoms with E-state index in [9.17, 15) is 9.59 Å². The smallest absolute Gasteiger partial charge is 0.267 e. The molecule has 1 fully saturated rings. The lowest BCUT2D eigenvalue weighted by Crippen LogP contribution is -2.42. The largest absolute Gasteiger partial charge is 0.497 e. The van der Waals surface area contributed by atoms with Crippen LogP contribution in [0.5, 0.6) is 5.75 Å². The molecule has 1 saturated heterocycles. The fourth-order valence-corrected chi connectivity index (χ4v) is 3.53. The minimum atomic E-state index is -0.259. The van der Waals surface area contributed by atoms with Gasteiger partial charge in [-0.15, -0.1) is 0 Å². The van der Waals surface area contributed by atoms with E-state index in [4.69, 9.17) is 9.47 Å². The Morgan fingerprint density at radius 3 is 2.90 bits per heavy atom. The minimum Gasteiger partial charge on any atom is -0.497 e. The van der Waals surface area contributed by atoms with Crippen molar-refractivity contribution in [3.63, 3.8) is 0 Å². The van der Waals surface area contributed by atoms with E-state index in [1.807, 2.05) is 30.3 Å². The normalized spacial score (nSPS) is 21.0. The molecule has 2 heterocycles. The van der Waals surface area contributed by atoms with Gasteiger partial charge in [0, 0.05) is 38.3 Å². The number of carbonyl (C=O) groups is 2. The Morgan fingerprint density at radius 2 is 2.17 bits per heavy atom. The van der Waals surface area contributed by atoms with E-state index in [1.165, 1.54) is 0 Å². The predicted molar refractivity (Wildman–Crippen MR) is 114 cm³/mol. The van der Waals surface area contributed by atoms with Crippen molar-refractivity contribution in [2.24, 2.45) is 0 Å². The Labute approximate surface area is 177 Å². The first-order valence-corrected chi connectivity index (χ1v) is 10.2.